The number of rotatable bonds is 6. The lowest BCUT2D eigenvalue weighted by Gasteiger charge is -2.28. The fourth-order valence-electron chi connectivity index (χ4n) is 2.66. The largest absolute Gasteiger partial charge is 0.372 e. The van der Waals surface area contributed by atoms with E-state index in [-0.39, 0.29) is 0 Å². The molecule has 2 heteroatoms. The van der Waals surface area contributed by atoms with Crippen LogP contribution in [0.15, 0.2) is 24.3 Å². The Morgan fingerprint density at radius 1 is 1.00 bits per heavy atom. The number of benzene rings is 1. The minimum Gasteiger partial charge on any atom is -0.372 e. The second kappa shape index (κ2) is 7.42. The molecule has 18 heavy (non-hydrogen) atoms. The van der Waals surface area contributed by atoms with Gasteiger partial charge in [0.15, 0.2) is 0 Å². The first-order chi connectivity index (χ1) is 8.90. The molecule has 1 aliphatic heterocycles. The molecule has 0 unspecified atom stereocenters. The summed E-state index contributed by atoms with van der Waals surface area (Å²) in [5, 5.41) is 3.20. The second-order valence-corrected chi connectivity index (χ2v) is 5.27. The minimum atomic E-state index is 1.13. The van der Waals surface area contributed by atoms with Crippen LogP contribution in [0.5, 0.6) is 0 Å². The van der Waals surface area contributed by atoms with Gasteiger partial charge in [-0.25, -0.2) is 0 Å². The number of piperidine rings is 1. The van der Waals surface area contributed by atoms with E-state index >= 15 is 0 Å². The number of anilines is 1. The monoisotopic (exact) mass is 246 g/mol. The number of hydrogen-bond donors (Lipinski definition) is 1. The lowest BCUT2D eigenvalue weighted by atomic mass is 10.1. The predicted octanol–water partition coefficient (Wildman–Crippen LogP) is 3.22. The highest BCUT2D eigenvalue weighted by atomic mass is 15.1. The maximum absolute atomic E-state index is 3.20. The number of nitrogens with zero attached hydrogens (tertiary/aromatic N) is 1. The van der Waals surface area contributed by atoms with E-state index in [2.05, 4.69) is 34.5 Å². The topological polar surface area (TPSA) is 15.3 Å². The van der Waals surface area contributed by atoms with Gasteiger partial charge in [0.2, 0.25) is 0 Å². The van der Waals surface area contributed by atoms with Crippen molar-refractivity contribution in [2.45, 2.75) is 38.5 Å². The fourth-order valence-corrected chi connectivity index (χ4v) is 2.66. The summed E-state index contributed by atoms with van der Waals surface area (Å²) in [6.45, 7) is 3.61. The van der Waals surface area contributed by atoms with Gasteiger partial charge in [0.25, 0.3) is 0 Å². The molecular formula is C16H26N2. The maximum Gasteiger partial charge on any atom is 0.0366 e. The minimum absolute atomic E-state index is 1.13. The number of aryl methyl sites for hydroxylation is 1. The molecule has 2 nitrogen and oxygen atoms in total. The van der Waals surface area contributed by atoms with Gasteiger partial charge in [-0.2, -0.15) is 0 Å². The molecule has 1 N–H and O–H groups in total. The summed E-state index contributed by atoms with van der Waals surface area (Å²) in [6.07, 6.45) is 7.87. The van der Waals surface area contributed by atoms with Crippen molar-refractivity contribution in [3.8, 4) is 0 Å². The number of unbranched alkanes of at least 4 members (excludes halogenated alkanes) is 1. The molecule has 1 saturated heterocycles. The lowest BCUT2D eigenvalue weighted by molar-refractivity contribution is 0.578. The molecule has 0 bridgehead atoms. The van der Waals surface area contributed by atoms with Crippen LogP contribution in [0.2, 0.25) is 0 Å². The molecule has 0 aromatic heterocycles. The van der Waals surface area contributed by atoms with E-state index in [0.29, 0.717) is 0 Å². The fraction of sp³-hybridized carbons (Fsp3) is 0.625. The van der Waals surface area contributed by atoms with Gasteiger partial charge >= 0.3 is 0 Å². The van der Waals surface area contributed by atoms with E-state index in [4.69, 9.17) is 0 Å². The zero-order chi connectivity index (χ0) is 12.6. The first-order valence-corrected chi connectivity index (χ1v) is 7.38. The van der Waals surface area contributed by atoms with Crippen LogP contribution in [-0.2, 0) is 6.42 Å². The Morgan fingerprint density at radius 3 is 2.39 bits per heavy atom. The van der Waals surface area contributed by atoms with Gasteiger partial charge in [0.05, 0.1) is 0 Å². The van der Waals surface area contributed by atoms with Crippen molar-refractivity contribution in [3.63, 3.8) is 0 Å². The van der Waals surface area contributed by atoms with Crippen LogP contribution in [0.25, 0.3) is 0 Å². The van der Waals surface area contributed by atoms with Crippen LogP contribution in [0, 0.1) is 0 Å². The summed E-state index contributed by atoms with van der Waals surface area (Å²) in [4.78, 5) is 2.52. The summed E-state index contributed by atoms with van der Waals surface area (Å²) >= 11 is 0. The van der Waals surface area contributed by atoms with Gasteiger partial charge in [0.1, 0.15) is 0 Å². The van der Waals surface area contributed by atoms with Gasteiger partial charge in [0, 0.05) is 18.8 Å². The van der Waals surface area contributed by atoms with Crippen molar-refractivity contribution in [1.29, 1.82) is 0 Å². The smallest absolute Gasteiger partial charge is 0.0366 e. The summed E-state index contributed by atoms with van der Waals surface area (Å²) in [5.74, 6) is 0. The highest BCUT2D eigenvalue weighted by molar-refractivity contribution is 5.47. The van der Waals surface area contributed by atoms with Crippen molar-refractivity contribution in [3.05, 3.63) is 29.8 Å². The van der Waals surface area contributed by atoms with Gasteiger partial charge in [-0.3, -0.25) is 0 Å². The molecule has 2 rings (SSSR count). The molecule has 0 amide bonds. The zero-order valence-electron chi connectivity index (χ0n) is 11.6. The van der Waals surface area contributed by atoms with E-state index in [0.717, 1.165) is 6.54 Å². The van der Waals surface area contributed by atoms with Crippen LogP contribution < -0.4 is 10.2 Å². The highest BCUT2D eigenvalue weighted by Crippen LogP contribution is 2.20. The van der Waals surface area contributed by atoms with E-state index < -0.39 is 0 Å². The normalized spacial score (nSPS) is 15.9. The molecule has 0 spiro atoms. The van der Waals surface area contributed by atoms with Crippen molar-refractivity contribution < 1.29 is 0 Å². The average Bonchev–Trinajstić information content (AvgIpc) is 2.45. The van der Waals surface area contributed by atoms with Crippen LogP contribution >= 0.6 is 0 Å². The molecule has 0 atom stereocenters. The Bertz CT molecular complexity index is 325. The highest BCUT2D eigenvalue weighted by Gasteiger charge is 2.10. The summed E-state index contributed by atoms with van der Waals surface area (Å²) in [7, 11) is 2.02. The molecular weight excluding hydrogens is 220 g/mol. The van der Waals surface area contributed by atoms with Crippen LogP contribution in [0.4, 0.5) is 5.69 Å². The first kappa shape index (κ1) is 13.4. The Kier molecular flexibility index (Phi) is 5.53. The summed E-state index contributed by atoms with van der Waals surface area (Å²) in [5.41, 5.74) is 2.89. The van der Waals surface area contributed by atoms with Crippen LogP contribution in [-0.4, -0.2) is 26.7 Å². The Morgan fingerprint density at radius 2 is 1.72 bits per heavy atom. The molecule has 0 radical (unpaired) electrons. The van der Waals surface area contributed by atoms with Crippen molar-refractivity contribution in [2.75, 3.05) is 31.6 Å². The summed E-state index contributed by atoms with van der Waals surface area (Å²) < 4.78 is 0. The van der Waals surface area contributed by atoms with E-state index in [1.165, 1.54) is 62.9 Å². The average molecular weight is 246 g/mol. The van der Waals surface area contributed by atoms with E-state index in [9.17, 15) is 0 Å². The van der Waals surface area contributed by atoms with E-state index in [1.807, 2.05) is 7.05 Å². The SMILES string of the molecule is CNCCCCc1ccc(N2CCCCC2)cc1. The van der Waals surface area contributed by atoms with Crippen LogP contribution in [0.1, 0.15) is 37.7 Å². The molecule has 1 aliphatic rings. The Balaban J connectivity index is 1.81. The first-order valence-electron chi connectivity index (χ1n) is 7.38. The molecule has 1 fully saturated rings. The summed E-state index contributed by atoms with van der Waals surface area (Å²) in [6, 6.07) is 9.23. The molecule has 1 aromatic rings. The number of hydrogen-bond acceptors (Lipinski definition) is 2. The van der Waals surface area contributed by atoms with Gasteiger partial charge in [-0.15, -0.1) is 0 Å². The van der Waals surface area contributed by atoms with E-state index in [1.54, 1.807) is 0 Å². The number of nitrogens with one attached hydrogen (secondary N) is 1. The standard InChI is InChI=1S/C16H26N2/c1-17-12-4-3-7-15-8-10-16(11-9-15)18-13-5-2-6-14-18/h8-11,17H,2-7,12-14H2,1H3. The van der Waals surface area contributed by atoms with Crippen molar-refractivity contribution in [2.24, 2.45) is 0 Å². The Labute approximate surface area is 111 Å². The predicted molar refractivity (Wildman–Crippen MR) is 79.4 cm³/mol. The molecule has 1 heterocycles. The second-order valence-electron chi connectivity index (χ2n) is 5.27. The molecule has 1 aromatic carbocycles. The quantitative estimate of drug-likeness (QED) is 0.775. The third kappa shape index (κ3) is 4.02. The van der Waals surface area contributed by atoms with Gasteiger partial charge in [-0.05, 0) is 69.8 Å². The third-order valence-electron chi connectivity index (χ3n) is 3.80. The van der Waals surface area contributed by atoms with Crippen molar-refractivity contribution >= 4 is 5.69 Å². The van der Waals surface area contributed by atoms with Crippen molar-refractivity contribution in [1.82, 2.24) is 5.32 Å². The van der Waals surface area contributed by atoms with Crippen LogP contribution in [0.3, 0.4) is 0 Å². The molecule has 100 valence electrons. The zero-order valence-corrected chi connectivity index (χ0v) is 11.6. The Hall–Kier alpha value is -1.02. The van der Waals surface area contributed by atoms with Gasteiger partial charge in [-0.1, -0.05) is 12.1 Å². The lowest BCUT2D eigenvalue weighted by Crippen LogP contribution is -2.29. The third-order valence-corrected chi connectivity index (χ3v) is 3.80. The van der Waals surface area contributed by atoms with Gasteiger partial charge < -0.3 is 10.2 Å². The molecule has 0 saturated carbocycles. The molecule has 0 aliphatic carbocycles. The maximum atomic E-state index is 3.20.